The summed E-state index contributed by atoms with van der Waals surface area (Å²) in [4.78, 5) is 22.9. The summed E-state index contributed by atoms with van der Waals surface area (Å²) < 4.78 is 0. The highest BCUT2D eigenvalue weighted by atomic mass is 35.5. The van der Waals surface area contributed by atoms with E-state index in [0.29, 0.717) is 29.6 Å². The van der Waals surface area contributed by atoms with Gasteiger partial charge in [0.05, 0.1) is 16.2 Å². The Bertz CT molecular complexity index is 1310. The second-order valence-corrected chi connectivity index (χ2v) is 8.03. The number of carbonyl (C=O) groups is 1. The molecule has 0 fully saturated rings. The van der Waals surface area contributed by atoms with Gasteiger partial charge in [-0.15, -0.1) is 0 Å². The second-order valence-electron chi connectivity index (χ2n) is 7.19. The van der Waals surface area contributed by atoms with E-state index in [2.05, 4.69) is 25.1 Å². The summed E-state index contributed by atoms with van der Waals surface area (Å²) in [7, 11) is 0. The van der Waals surface area contributed by atoms with Crippen molar-refractivity contribution in [3.8, 4) is 11.1 Å². The minimum absolute atomic E-state index is 0.241. The van der Waals surface area contributed by atoms with Crippen LogP contribution in [0.25, 0.3) is 22.0 Å². The van der Waals surface area contributed by atoms with Crippen molar-refractivity contribution in [2.75, 3.05) is 11.4 Å². The number of rotatable bonds is 3. The number of benzene rings is 2. The van der Waals surface area contributed by atoms with E-state index in [1.165, 1.54) is 6.33 Å². The highest BCUT2D eigenvalue weighted by molar-refractivity contribution is 6.34. The first-order valence-electron chi connectivity index (χ1n) is 9.51. The van der Waals surface area contributed by atoms with E-state index in [1.807, 2.05) is 36.4 Å². The Morgan fingerprint density at radius 2 is 1.97 bits per heavy atom. The van der Waals surface area contributed by atoms with E-state index in [0.717, 1.165) is 39.1 Å². The lowest BCUT2D eigenvalue weighted by Gasteiger charge is -2.28. The van der Waals surface area contributed by atoms with Gasteiger partial charge in [0, 0.05) is 41.0 Å². The van der Waals surface area contributed by atoms with Crippen LogP contribution in [-0.2, 0) is 13.0 Å². The van der Waals surface area contributed by atoms with Crippen LogP contribution in [0.1, 0.15) is 21.7 Å². The summed E-state index contributed by atoms with van der Waals surface area (Å²) in [6, 6.07) is 11.3. The number of H-pyrrole nitrogens is 1. The number of halogens is 2. The van der Waals surface area contributed by atoms with Gasteiger partial charge in [-0.05, 0) is 29.8 Å². The van der Waals surface area contributed by atoms with Crippen molar-refractivity contribution in [2.45, 2.75) is 13.0 Å². The third kappa shape index (κ3) is 3.48. The molecule has 0 radical (unpaired) electrons. The number of hydrogen-bond donors (Lipinski definition) is 3. The molecule has 0 saturated heterocycles. The minimum atomic E-state index is -0.625. The van der Waals surface area contributed by atoms with Crippen molar-refractivity contribution in [2.24, 2.45) is 0 Å². The van der Waals surface area contributed by atoms with Gasteiger partial charge in [-0.25, -0.2) is 15.4 Å². The Kier molecular flexibility index (Phi) is 4.97. The van der Waals surface area contributed by atoms with Crippen molar-refractivity contribution in [1.29, 1.82) is 0 Å². The van der Waals surface area contributed by atoms with Crippen molar-refractivity contribution in [3.05, 3.63) is 69.7 Å². The van der Waals surface area contributed by atoms with Crippen LogP contribution < -0.4 is 10.4 Å². The number of aromatic amines is 1. The van der Waals surface area contributed by atoms with Crippen molar-refractivity contribution in [1.82, 2.24) is 25.6 Å². The average Bonchev–Trinajstić information content (AvgIpc) is 3.21. The smallest absolute Gasteiger partial charge is 0.292 e. The first-order chi connectivity index (χ1) is 15.0. The van der Waals surface area contributed by atoms with Gasteiger partial charge in [0.15, 0.2) is 0 Å². The molecule has 156 valence electrons. The Morgan fingerprint density at radius 3 is 2.74 bits per heavy atom. The van der Waals surface area contributed by atoms with Crippen molar-refractivity contribution in [3.63, 3.8) is 0 Å². The van der Waals surface area contributed by atoms with Crippen LogP contribution >= 0.6 is 23.2 Å². The highest BCUT2D eigenvalue weighted by Crippen LogP contribution is 2.36. The summed E-state index contributed by atoms with van der Waals surface area (Å²) in [6.45, 7) is 1.09. The molecule has 8 nitrogen and oxygen atoms in total. The molecule has 0 aliphatic carbocycles. The summed E-state index contributed by atoms with van der Waals surface area (Å²) >= 11 is 12.6. The number of amides is 1. The Hall–Kier alpha value is -3.20. The summed E-state index contributed by atoms with van der Waals surface area (Å²) in [5.74, 6) is 0.110. The van der Waals surface area contributed by atoms with Crippen LogP contribution in [0.15, 0.2) is 42.7 Å². The van der Waals surface area contributed by atoms with Crippen LogP contribution in [0.4, 0.5) is 5.82 Å². The molecule has 0 saturated carbocycles. The molecule has 1 aliphatic rings. The predicted octanol–water partition coefficient (Wildman–Crippen LogP) is 4.01. The normalized spacial score (nSPS) is 13.3. The van der Waals surface area contributed by atoms with Crippen molar-refractivity contribution < 1.29 is 10.0 Å². The molecule has 10 heteroatoms. The SMILES string of the molecule is O=C(NO)c1[nH]nc2c1CN(c1ncnc3cc(Cl)c(-c4ccc(Cl)cc4)cc13)CC2. The fourth-order valence-corrected chi connectivity index (χ4v) is 4.27. The fourth-order valence-electron chi connectivity index (χ4n) is 3.88. The van der Waals surface area contributed by atoms with Crippen LogP contribution in [0.5, 0.6) is 0 Å². The van der Waals surface area contributed by atoms with Gasteiger partial charge >= 0.3 is 0 Å². The average molecular weight is 455 g/mol. The van der Waals surface area contributed by atoms with E-state index in [1.54, 1.807) is 5.48 Å². The zero-order chi connectivity index (χ0) is 21.5. The number of hydrogen-bond acceptors (Lipinski definition) is 6. The van der Waals surface area contributed by atoms with Crippen molar-refractivity contribution >= 4 is 45.8 Å². The molecular formula is C21H16Cl2N6O2. The second kappa shape index (κ2) is 7.81. The third-order valence-electron chi connectivity index (χ3n) is 5.41. The molecule has 2 aromatic heterocycles. The highest BCUT2D eigenvalue weighted by Gasteiger charge is 2.27. The van der Waals surface area contributed by atoms with Gasteiger partial charge in [0.25, 0.3) is 5.91 Å². The topological polar surface area (TPSA) is 107 Å². The van der Waals surface area contributed by atoms with Crippen LogP contribution in [0, 0.1) is 0 Å². The van der Waals surface area contributed by atoms with Gasteiger partial charge in [0.2, 0.25) is 0 Å². The molecule has 3 heterocycles. The summed E-state index contributed by atoms with van der Waals surface area (Å²) in [6.07, 6.45) is 2.13. The van der Waals surface area contributed by atoms with Gasteiger partial charge in [0.1, 0.15) is 17.8 Å². The summed E-state index contributed by atoms with van der Waals surface area (Å²) in [5, 5.41) is 18.0. The molecule has 0 atom stereocenters. The molecule has 2 aromatic carbocycles. The molecule has 0 unspecified atom stereocenters. The quantitative estimate of drug-likeness (QED) is 0.318. The Morgan fingerprint density at radius 1 is 1.16 bits per heavy atom. The molecular weight excluding hydrogens is 439 g/mol. The molecule has 4 aromatic rings. The maximum atomic E-state index is 12.0. The maximum absolute atomic E-state index is 12.0. The van der Waals surface area contributed by atoms with Gasteiger partial charge < -0.3 is 4.90 Å². The number of nitrogens with one attached hydrogen (secondary N) is 2. The molecule has 3 N–H and O–H groups in total. The van der Waals surface area contributed by atoms with Crippen LogP contribution in [0.2, 0.25) is 10.0 Å². The number of aromatic nitrogens is 4. The van der Waals surface area contributed by atoms with Crippen LogP contribution in [-0.4, -0.2) is 37.8 Å². The van der Waals surface area contributed by atoms with Crippen LogP contribution in [0.3, 0.4) is 0 Å². The zero-order valence-electron chi connectivity index (χ0n) is 16.1. The lowest BCUT2D eigenvalue weighted by atomic mass is 10.0. The first kappa shape index (κ1) is 19.7. The van der Waals surface area contributed by atoms with Gasteiger partial charge in [-0.3, -0.25) is 15.1 Å². The number of hydroxylamine groups is 1. The minimum Gasteiger partial charge on any atom is -0.351 e. The molecule has 0 bridgehead atoms. The third-order valence-corrected chi connectivity index (χ3v) is 5.97. The standard InChI is InChI=1S/C21H16Cl2N6O2/c22-12-3-1-11(2-4-12)13-7-14-18(8-16(13)23)24-10-25-20(14)29-6-5-17-15(9-29)19(27-26-17)21(30)28-31/h1-4,7-8,10,31H,5-6,9H2,(H,26,27)(H,28,30). The molecule has 5 rings (SSSR count). The first-order valence-corrected chi connectivity index (χ1v) is 10.3. The molecule has 0 spiro atoms. The predicted molar refractivity (Wildman–Crippen MR) is 118 cm³/mol. The Labute approximate surface area is 186 Å². The number of fused-ring (bicyclic) bond motifs is 2. The molecule has 1 amide bonds. The molecule has 31 heavy (non-hydrogen) atoms. The number of anilines is 1. The lowest BCUT2D eigenvalue weighted by molar-refractivity contribution is 0.0699. The monoisotopic (exact) mass is 454 g/mol. The fraction of sp³-hybridized carbons (Fsp3) is 0.143. The number of nitrogens with zero attached hydrogens (tertiary/aromatic N) is 4. The van der Waals surface area contributed by atoms with Gasteiger partial charge in [-0.2, -0.15) is 5.10 Å². The van der Waals surface area contributed by atoms with Gasteiger partial charge in [-0.1, -0.05) is 35.3 Å². The maximum Gasteiger partial charge on any atom is 0.292 e. The van der Waals surface area contributed by atoms with E-state index in [9.17, 15) is 4.79 Å². The van der Waals surface area contributed by atoms with E-state index >= 15 is 0 Å². The van der Waals surface area contributed by atoms with E-state index in [-0.39, 0.29) is 5.69 Å². The lowest BCUT2D eigenvalue weighted by Crippen LogP contribution is -2.32. The largest absolute Gasteiger partial charge is 0.351 e. The Balaban J connectivity index is 1.59. The number of carbonyl (C=O) groups excluding carboxylic acids is 1. The van der Waals surface area contributed by atoms with E-state index in [4.69, 9.17) is 28.4 Å². The summed E-state index contributed by atoms with van der Waals surface area (Å²) in [5.41, 5.74) is 5.94. The van der Waals surface area contributed by atoms with E-state index < -0.39 is 5.91 Å². The zero-order valence-corrected chi connectivity index (χ0v) is 17.6. The molecule has 1 aliphatic heterocycles.